The number of piperazine rings is 1. The number of nitrogens with zero attached hydrogens (tertiary/aromatic N) is 2. The molecule has 0 saturated carbocycles. The Morgan fingerprint density at radius 2 is 1.90 bits per heavy atom. The van der Waals surface area contributed by atoms with Crippen LogP contribution in [0.4, 0.5) is 0 Å². The van der Waals surface area contributed by atoms with Crippen LogP contribution in [0.25, 0.3) is 0 Å². The molecular formula is C13H19BrN2O3S2. The van der Waals surface area contributed by atoms with Crippen molar-refractivity contribution in [2.24, 2.45) is 5.92 Å². The zero-order valence-electron chi connectivity index (χ0n) is 12.1. The van der Waals surface area contributed by atoms with Crippen molar-refractivity contribution in [1.82, 2.24) is 9.21 Å². The van der Waals surface area contributed by atoms with Crippen molar-refractivity contribution < 1.29 is 13.2 Å². The van der Waals surface area contributed by atoms with Gasteiger partial charge in [-0.2, -0.15) is 4.31 Å². The Morgan fingerprint density at radius 1 is 1.29 bits per heavy atom. The second-order valence-electron chi connectivity index (χ2n) is 5.44. The molecule has 8 heteroatoms. The van der Waals surface area contributed by atoms with Gasteiger partial charge in [-0.1, -0.05) is 13.8 Å². The summed E-state index contributed by atoms with van der Waals surface area (Å²) in [6.45, 7) is 5.68. The lowest BCUT2D eigenvalue weighted by molar-refractivity contribution is -0.133. The molecule has 1 fully saturated rings. The van der Waals surface area contributed by atoms with Crippen molar-refractivity contribution >= 4 is 43.2 Å². The van der Waals surface area contributed by atoms with Gasteiger partial charge in [-0.05, 0) is 34.0 Å². The van der Waals surface area contributed by atoms with E-state index in [0.717, 1.165) is 3.79 Å². The van der Waals surface area contributed by atoms with Gasteiger partial charge in [-0.15, -0.1) is 11.3 Å². The van der Waals surface area contributed by atoms with Crippen molar-refractivity contribution in [1.29, 1.82) is 0 Å². The van der Waals surface area contributed by atoms with Crippen LogP contribution in [0, 0.1) is 5.92 Å². The van der Waals surface area contributed by atoms with Crippen LogP contribution in [0.3, 0.4) is 0 Å². The van der Waals surface area contributed by atoms with E-state index in [0.29, 0.717) is 42.7 Å². The summed E-state index contributed by atoms with van der Waals surface area (Å²) < 4.78 is 27.5. The minimum Gasteiger partial charge on any atom is -0.340 e. The van der Waals surface area contributed by atoms with E-state index in [4.69, 9.17) is 0 Å². The largest absolute Gasteiger partial charge is 0.340 e. The minimum absolute atomic E-state index is 0.112. The molecule has 0 spiro atoms. The molecule has 1 aromatic heterocycles. The molecule has 1 aliphatic rings. The number of carbonyl (C=O) groups excluding carboxylic acids is 1. The number of carbonyl (C=O) groups is 1. The third-order valence-electron chi connectivity index (χ3n) is 3.32. The standard InChI is InChI=1S/C13H19BrN2O3S2/c1-10(2)9-12(17)15-5-7-16(8-6-15)21(18,19)13-4-3-11(14)20-13/h3-4,10H,5-9H2,1-2H3. The van der Waals surface area contributed by atoms with E-state index >= 15 is 0 Å². The number of sulfonamides is 1. The van der Waals surface area contributed by atoms with Gasteiger partial charge in [0.2, 0.25) is 5.91 Å². The van der Waals surface area contributed by atoms with Crippen molar-refractivity contribution in [3.8, 4) is 0 Å². The van der Waals surface area contributed by atoms with E-state index in [9.17, 15) is 13.2 Å². The lowest BCUT2D eigenvalue weighted by Crippen LogP contribution is -2.50. The quantitative estimate of drug-likeness (QED) is 0.787. The summed E-state index contributed by atoms with van der Waals surface area (Å²) in [6, 6.07) is 3.35. The minimum atomic E-state index is -3.43. The second-order valence-corrected chi connectivity index (χ2v) is 10.1. The van der Waals surface area contributed by atoms with Crippen LogP contribution in [0.1, 0.15) is 20.3 Å². The second kappa shape index (κ2) is 6.76. The third kappa shape index (κ3) is 4.06. The first-order valence-corrected chi connectivity index (χ1v) is 9.89. The fourth-order valence-corrected chi connectivity index (χ4v) is 5.81. The molecule has 2 rings (SSSR count). The molecule has 21 heavy (non-hydrogen) atoms. The molecule has 1 saturated heterocycles. The summed E-state index contributed by atoms with van der Waals surface area (Å²) in [4.78, 5) is 13.8. The van der Waals surface area contributed by atoms with Gasteiger partial charge in [0.1, 0.15) is 4.21 Å². The summed E-state index contributed by atoms with van der Waals surface area (Å²) in [5.41, 5.74) is 0. The maximum Gasteiger partial charge on any atom is 0.252 e. The Kier molecular flexibility index (Phi) is 5.45. The zero-order chi connectivity index (χ0) is 15.6. The lowest BCUT2D eigenvalue weighted by Gasteiger charge is -2.34. The van der Waals surface area contributed by atoms with Crippen LogP contribution in [0.5, 0.6) is 0 Å². The normalized spacial score (nSPS) is 17.4. The highest BCUT2D eigenvalue weighted by Gasteiger charge is 2.31. The summed E-state index contributed by atoms with van der Waals surface area (Å²) in [6.07, 6.45) is 0.518. The van der Waals surface area contributed by atoms with Gasteiger partial charge in [0.05, 0.1) is 3.79 Å². The first-order valence-electron chi connectivity index (χ1n) is 6.84. The van der Waals surface area contributed by atoms with Gasteiger partial charge >= 0.3 is 0 Å². The third-order valence-corrected chi connectivity index (χ3v) is 7.31. The molecule has 0 N–H and O–H groups in total. The molecule has 1 aliphatic heterocycles. The summed E-state index contributed by atoms with van der Waals surface area (Å²) >= 11 is 4.49. The topological polar surface area (TPSA) is 57.7 Å². The Hall–Kier alpha value is -0.440. The fraction of sp³-hybridized carbons (Fsp3) is 0.615. The van der Waals surface area contributed by atoms with Crippen molar-refractivity contribution in [3.05, 3.63) is 15.9 Å². The zero-order valence-corrected chi connectivity index (χ0v) is 15.3. The Balaban J connectivity index is 1.99. The van der Waals surface area contributed by atoms with Gasteiger partial charge < -0.3 is 4.90 Å². The van der Waals surface area contributed by atoms with E-state index in [-0.39, 0.29) is 5.91 Å². The molecule has 5 nitrogen and oxygen atoms in total. The van der Waals surface area contributed by atoms with E-state index in [1.807, 2.05) is 13.8 Å². The lowest BCUT2D eigenvalue weighted by atomic mass is 10.1. The van der Waals surface area contributed by atoms with Crippen LogP contribution in [0.2, 0.25) is 0 Å². The van der Waals surface area contributed by atoms with Crippen LogP contribution in [-0.4, -0.2) is 49.7 Å². The first kappa shape index (κ1) is 16.9. The molecule has 118 valence electrons. The van der Waals surface area contributed by atoms with E-state index in [2.05, 4.69) is 15.9 Å². The molecule has 0 atom stereocenters. The van der Waals surface area contributed by atoms with E-state index in [1.165, 1.54) is 15.6 Å². The molecular weight excluding hydrogens is 376 g/mol. The van der Waals surface area contributed by atoms with Crippen LogP contribution < -0.4 is 0 Å². The van der Waals surface area contributed by atoms with Crippen LogP contribution in [-0.2, 0) is 14.8 Å². The van der Waals surface area contributed by atoms with Crippen molar-refractivity contribution in [2.45, 2.75) is 24.5 Å². The van der Waals surface area contributed by atoms with E-state index in [1.54, 1.807) is 17.0 Å². The predicted molar refractivity (Wildman–Crippen MR) is 86.8 cm³/mol. The molecule has 0 unspecified atom stereocenters. The average molecular weight is 395 g/mol. The summed E-state index contributed by atoms with van der Waals surface area (Å²) in [7, 11) is -3.43. The van der Waals surface area contributed by atoms with Gasteiger partial charge in [-0.3, -0.25) is 4.79 Å². The average Bonchev–Trinajstić information content (AvgIpc) is 2.85. The van der Waals surface area contributed by atoms with Gasteiger partial charge in [0.25, 0.3) is 10.0 Å². The van der Waals surface area contributed by atoms with Gasteiger partial charge in [0.15, 0.2) is 0 Å². The number of hydrogen-bond donors (Lipinski definition) is 0. The van der Waals surface area contributed by atoms with E-state index < -0.39 is 10.0 Å². The summed E-state index contributed by atoms with van der Waals surface area (Å²) in [5, 5.41) is 0. The predicted octanol–water partition coefficient (Wildman–Crippen LogP) is 2.39. The smallest absolute Gasteiger partial charge is 0.252 e. The Morgan fingerprint density at radius 3 is 2.38 bits per heavy atom. The number of rotatable bonds is 4. The Bertz CT molecular complexity index is 605. The maximum absolute atomic E-state index is 12.5. The number of amides is 1. The van der Waals surface area contributed by atoms with Gasteiger partial charge in [-0.25, -0.2) is 8.42 Å². The van der Waals surface area contributed by atoms with Crippen molar-refractivity contribution in [2.75, 3.05) is 26.2 Å². The van der Waals surface area contributed by atoms with Crippen LogP contribution >= 0.6 is 27.3 Å². The van der Waals surface area contributed by atoms with Gasteiger partial charge in [0, 0.05) is 32.6 Å². The SMILES string of the molecule is CC(C)CC(=O)N1CCN(S(=O)(=O)c2ccc(Br)s2)CC1. The molecule has 0 aliphatic carbocycles. The van der Waals surface area contributed by atoms with Crippen molar-refractivity contribution in [3.63, 3.8) is 0 Å². The molecule has 1 amide bonds. The Labute approximate surface area is 138 Å². The molecule has 0 radical (unpaired) electrons. The molecule has 2 heterocycles. The highest BCUT2D eigenvalue weighted by Crippen LogP contribution is 2.29. The molecule has 1 aromatic rings. The highest BCUT2D eigenvalue weighted by molar-refractivity contribution is 9.11. The number of halogens is 1. The summed E-state index contributed by atoms with van der Waals surface area (Å²) in [5.74, 6) is 0.434. The van der Waals surface area contributed by atoms with Crippen LogP contribution in [0.15, 0.2) is 20.1 Å². The molecule has 0 aromatic carbocycles. The number of thiophene rings is 1. The maximum atomic E-state index is 12.5. The molecule has 0 bridgehead atoms. The highest BCUT2D eigenvalue weighted by atomic mass is 79.9. The first-order chi connectivity index (χ1) is 9.80. The monoisotopic (exact) mass is 394 g/mol. The fourth-order valence-electron chi connectivity index (χ4n) is 2.22. The number of hydrogen-bond acceptors (Lipinski definition) is 4.